The fraction of sp³-hybridized carbons (Fsp3) is 0.316. The third-order valence-electron chi connectivity index (χ3n) is 3.88. The van der Waals surface area contributed by atoms with Crippen LogP contribution in [0, 0.1) is 13.8 Å². The van der Waals surface area contributed by atoms with Crippen LogP contribution >= 0.6 is 23.2 Å². The largest absolute Gasteiger partial charge is 0.491 e. The molecule has 0 aromatic heterocycles. The van der Waals surface area contributed by atoms with E-state index in [9.17, 15) is 13.2 Å². The van der Waals surface area contributed by atoms with Crippen molar-refractivity contribution in [3.8, 4) is 5.75 Å². The van der Waals surface area contributed by atoms with Crippen LogP contribution in [-0.2, 0) is 14.8 Å². The quantitative estimate of drug-likeness (QED) is 0.631. The summed E-state index contributed by atoms with van der Waals surface area (Å²) >= 11 is 11.9. The van der Waals surface area contributed by atoms with Gasteiger partial charge in [-0.2, -0.15) is 0 Å². The number of benzene rings is 2. The Morgan fingerprint density at radius 1 is 1.14 bits per heavy atom. The van der Waals surface area contributed by atoms with Crippen molar-refractivity contribution in [2.24, 2.45) is 0 Å². The first-order chi connectivity index (χ1) is 13.1. The van der Waals surface area contributed by atoms with E-state index in [1.54, 1.807) is 0 Å². The van der Waals surface area contributed by atoms with E-state index >= 15 is 0 Å². The molecule has 0 aliphatic heterocycles. The Balaban J connectivity index is 1.95. The SMILES string of the molecule is Cc1ccc(OCCNC(=O)CN(c2ccc(Cl)cc2Cl)S(C)(=O)=O)c(C)c1. The highest BCUT2D eigenvalue weighted by molar-refractivity contribution is 7.92. The van der Waals surface area contributed by atoms with Gasteiger partial charge in [-0.15, -0.1) is 0 Å². The summed E-state index contributed by atoms with van der Waals surface area (Å²) in [5.74, 6) is 0.270. The van der Waals surface area contributed by atoms with Crippen LogP contribution < -0.4 is 14.4 Å². The molecule has 1 amide bonds. The van der Waals surface area contributed by atoms with E-state index in [4.69, 9.17) is 27.9 Å². The van der Waals surface area contributed by atoms with Gasteiger partial charge in [0.15, 0.2) is 0 Å². The van der Waals surface area contributed by atoms with E-state index in [0.717, 1.165) is 27.4 Å². The molecule has 0 atom stereocenters. The highest BCUT2D eigenvalue weighted by Gasteiger charge is 2.23. The van der Waals surface area contributed by atoms with E-state index in [1.807, 2.05) is 32.0 Å². The first-order valence-corrected chi connectivity index (χ1v) is 11.1. The average molecular weight is 445 g/mol. The van der Waals surface area contributed by atoms with Crippen LogP contribution in [0.3, 0.4) is 0 Å². The van der Waals surface area contributed by atoms with Crippen molar-refractivity contribution in [3.05, 3.63) is 57.6 Å². The minimum absolute atomic E-state index is 0.143. The first-order valence-electron chi connectivity index (χ1n) is 8.47. The van der Waals surface area contributed by atoms with Gasteiger partial charge in [0.1, 0.15) is 18.9 Å². The summed E-state index contributed by atoms with van der Waals surface area (Å²) in [6.45, 7) is 4.04. The van der Waals surface area contributed by atoms with Gasteiger partial charge >= 0.3 is 0 Å². The normalized spacial score (nSPS) is 11.2. The summed E-state index contributed by atoms with van der Waals surface area (Å²) in [4.78, 5) is 12.2. The zero-order valence-corrected chi connectivity index (χ0v) is 18.2. The minimum Gasteiger partial charge on any atom is -0.491 e. The molecule has 0 unspecified atom stereocenters. The lowest BCUT2D eigenvalue weighted by Gasteiger charge is -2.23. The Hall–Kier alpha value is -1.96. The molecule has 0 saturated heterocycles. The van der Waals surface area contributed by atoms with Crippen LogP contribution in [0.1, 0.15) is 11.1 Å². The summed E-state index contributed by atoms with van der Waals surface area (Å²) in [6, 6.07) is 10.2. The number of hydrogen-bond donors (Lipinski definition) is 1. The highest BCUT2D eigenvalue weighted by atomic mass is 35.5. The van der Waals surface area contributed by atoms with Crippen molar-refractivity contribution in [1.29, 1.82) is 0 Å². The lowest BCUT2D eigenvalue weighted by molar-refractivity contribution is -0.119. The van der Waals surface area contributed by atoms with Crippen molar-refractivity contribution in [2.45, 2.75) is 13.8 Å². The topological polar surface area (TPSA) is 75.7 Å². The van der Waals surface area contributed by atoms with Gasteiger partial charge in [-0.3, -0.25) is 9.10 Å². The molecule has 2 aromatic carbocycles. The van der Waals surface area contributed by atoms with Crippen molar-refractivity contribution >= 4 is 44.8 Å². The van der Waals surface area contributed by atoms with Gasteiger partial charge in [0.25, 0.3) is 0 Å². The van der Waals surface area contributed by atoms with Crippen molar-refractivity contribution < 1.29 is 17.9 Å². The number of nitrogens with zero attached hydrogens (tertiary/aromatic N) is 1. The Labute approximate surface area is 175 Å². The van der Waals surface area contributed by atoms with E-state index in [2.05, 4.69) is 5.32 Å². The molecule has 0 radical (unpaired) electrons. The van der Waals surface area contributed by atoms with Gasteiger partial charge in [-0.25, -0.2) is 8.42 Å². The van der Waals surface area contributed by atoms with E-state index in [-0.39, 0.29) is 23.9 Å². The smallest absolute Gasteiger partial charge is 0.240 e. The number of halogens is 2. The van der Waals surface area contributed by atoms with Crippen molar-refractivity contribution in [3.63, 3.8) is 0 Å². The second-order valence-electron chi connectivity index (χ2n) is 6.33. The van der Waals surface area contributed by atoms with Crippen LogP contribution in [-0.4, -0.2) is 40.3 Å². The number of amides is 1. The van der Waals surface area contributed by atoms with E-state index < -0.39 is 22.5 Å². The maximum absolute atomic E-state index is 12.2. The molecule has 1 N–H and O–H groups in total. The average Bonchev–Trinajstić information content (AvgIpc) is 2.58. The van der Waals surface area contributed by atoms with Gasteiger partial charge < -0.3 is 10.1 Å². The number of anilines is 1. The van der Waals surface area contributed by atoms with Crippen LogP contribution in [0.25, 0.3) is 0 Å². The molecule has 0 aliphatic carbocycles. The Morgan fingerprint density at radius 2 is 1.86 bits per heavy atom. The molecule has 2 rings (SSSR count). The first kappa shape index (κ1) is 22.3. The van der Waals surface area contributed by atoms with E-state index in [1.165, 1.54) is 18.2 Å². The molecule has 152 valence electrons. The fourth-order valence-electron chi connectivity index (χ4n) is 2.56. The van der Waals surface area contributed by atoms with Crippen LogP contribution in [0.15, 0.2) is 36.4 Å². The maximum Gasteiger partial charge on any atom is 0.240 e. The van der Waals surface area contributed by atoms with Gasteiger partial charge in [0, 0.05) is 5.02 Å². The number of ether oxygens (including phenoxy) is 1. The van der Waals surface area contributed by atoms with Crippen LogP contribution in [0.2, 0.25) is 10.0 Å². The number of rotatable bonds is 8. The number of aryl methyl sites for hydroxylation is 2. The molecule has 2 aromatic rings. The van der Waals surface area contributed by atoms with Gasteiger partial charge in [0.2, 0.25) is 15.9 Å². The second-order valence-corrected chi connectivity index (χ2v) is 9.08. The lowest BCUT2D eigenvalue weighted by atomic mass is 10.1. The summed E-state index contributed by atoms with van der Waals surface area (Å²) in [5.41, 5.74) is 2.34. The number of carbonyl (C=O) groups is 1. The van der Waals surface area contributed by atoms with Gasteiger partial charge in [-0.1, -0.05) is 40.9 Å². The van der Waals surface area contributed by atoms with Crippen LogP contribution in [0.5, 0.6) is 5.75 Å². The second kappa shape index (κ2) is 9.49. The fourth-order valence-corrected chi connectivity index (χ4v) is 3.99. The predicted molar refractivity (Wildman–Crippen MR) is 113 cm³/mol. The van der Waals surface area contributed by atoms with Gasteiger partial charge in [-0.05, 0) is 43.7 Å². The zero-order valence-electron chi connectivity index (χ0n) is 15.8. The third kappa shape index (κ3) is 6.29. The monoisotopic (exact) mass is 444 g/mol. The van der Waals surface area contributed by atoms with E-state index in [0.29, 0.717) is 5.02 Å². The molecular formula is C19H22Cl2N2O4S. The molecule has 0 fully saturated rings. The summed E-state index contributed by atoms with van der Waals surface area (Å²) in [5, 5.41) is 3.16. The maximum atomic E-state index is 12.2. The Kier molecular flexibility index (Phi) is 7.57. The summed E-state index contributed by atoms with van der Waals surface area (Å²) < 4.78 is 30.8. The standard InChI is InChI=1S/C19H22Cl2N2O4S/c1-13-4-7-18(14(2)10-13)27-9-8-22-19(24)12-23(28(3,25)26)17-6-5-15(20)11-16(17)21/h4-7,10-11H,8-9,12H2,1-3H3,(H,22,24). The van der Waals surface area contributed by atoms with Gasteiger partial charge in [0.05, 0.1) is 23.5 Å². The molecule has 6 nitrogen and oxygen atoms in total. The highest BCUT2D eigenvalue weighted by Crippen LogP contribution is 2.30. The molecule has 0 aliphatic rings. The number of carbonyl (C=O) groups excluding carboxylic acids is 1. The molecular weight excluding hydrogens is 423 g/mol. The number of nitrogens with one attached hydrogen (secondary N) is 1. The number of sulfonamides is 1. The molecule has 28 heavy (non-hydrogen) atoms. The van der Waals surface area contributed by atoms with Crippen LogP contribution in [0.4, 0.5) is 5.69 Å². The Bertz CT molecular complexity index is 964. The molecule has 0 heterocycles. The predicted octanol–water partition coefficient (Wildman–Crippen LogP) is 3.57. The minimum atomic E-state index is -3.72. The molecule has 0 spiro atoms. The third-order valence-corrected chi connectivity index (χ3v) is 5.54. The summed E-state index contributed by atoms with van der Waals surface area (Å²) in [6.07, 6.45) is 1.01. The zero-order chi connectivity index (χ0) is 20.9. The van der Waals surface area contributed by atoms with Crippen molar-refractivity contribution in [1.82, 2.24) is 5.32 Å². The Morgan fingerprint density at radius 3 is 2.46 bits per heavy atom. The number of hydrogen-bond acceptors (Lipinski definition) is 4. The summed E-state index contributed by atoms with van der Waals surface area (Å²) in [7, 11) is -3.72. The lowest BCUT2D eigenvalue weighted by Crippen LogP contribution is -2.41. The van der Waals surface area contributed by atoms with Crippen molar-refractivity contribution in [2.75, 3.05) is 30.3 Å². The molecule has 9 heteroatoms. The molecule has 0 saturated carbocycles. The molecule has 0 bridgehead atoms.